The molecule has 2 aromatic heterocycles. The van der Waals surface area contributed by atoms with Gasteiger partial charge in [0, 0.05) is 49.1 Å². The summed E-state index contributed by atoms with van der Waals surface area (Å²) in [5.74, 6) is 1.42. The minimum absolute atomic E-state index is 0.0712. The van der Waals surface area contributed by atoms with Crippen LogP contribution in [0.15, 0.2) is 51.4 Å². The number of methoxy groups -OCH3 is 1. The second-order valence-electron chi connectivity index (χ2n) is 8.18. The minimum Gasteiger partial charge on any atom is -0.495 e. The Kier molecular flexibility index (Phi) is 5.55. The molecule has 1 aliphatic heterocycles. The Balaban J connectivity index is 1.22. The SMILES string of the molecule is COc1cc2c(cc1NC(=O)CN1CCN(Cc3cc(C)no3)CC1)oc1ccccc12. The third kappa shape index (κ3) is 4.19. The van der Waals surface area contributed by atoms with Crippen molar-refractivity contribution in [1.82, 2.24) is 15.0 Å². The molecule has 2 aromatic carbocycles. The Labute approximate surface area is 185 Å². The number of carbonyl (C=O) groups is 1. The van der Waals surface area contributed by atoms with Gasteiger partial charge in [0.2, 0.25) is 5.91 Å². The molecular formula is C24H26N4O4. The van der Waals surface area contributed by atoms with Crippen molar-refractivity contribution >= 4 is 33.5 Å². The van der Waals surface area contributed by atoms with Gasteiger partial charge in [-0.3, -0.25) is 14.6 Å². The Hall–Kier alpha value is -3.36. The molecule has 0 saturated carbocycles. The van der Waals surface area contributed by atoms with Crippen LogP contribution in [-0.4, -0.2) is 60.7 Å². The van der Waals surface area contributed by atoms with E-state index in [9.17, 15) is 4.79 Å². The number of carbonyl (C=O) groups excluding carboxylic acids is 1. The maximum Gasteiger partial charge on any atom is 0.238 e. The number of hydrogen-bond acceptors (Lipinski definition) is 7. The van der Waals surface area contributed by atoms with Gasteiger partial charge in [-0.05, 0) is 19.1 Å². The van der Waals surface area contributed by atoms with Crippen LogP contribution in [0, 0.1) is 6.92 Å². The zero-order valence-electron chi connectivity index (χ0n) is 18.3. The van der Waals surface area contributed by atoms with E-state index in [4.69, 9.17) is 13.7 Å². The number of fused-ring (bicyclic) bond motifs is 3. The van der Waals surface area contributed by atoms with Crippen molar-refractivity contribution in [3.8, 4) is 5.75 Å². The Morgan fingerprint density at radius 3 is 2.59 bits per heavy atom. The van der Waals surface area contributed by atoms with Gasteiger partial charge in [-0.25, -0.2) is 0 Å². The first-order valence-corrected chi connectivity index (χ1v) is 10.7. The number of para-hydroxylation sites is 1. The summed E-state index contributed by atoms with van der Waals surface area (Å²) in [7, 11) is 1.61. The molecule has 0 spiro atoms. The van der Waals surface area contributed by atoms with Gasteiger partial charge in [0.1, 0.15) is 16.9 Å². The predicted octanol–water partition coefficient (Wildman–Crippen LogP) is 3.65. The molecule has 32 heavy (non-hydrogen) atoms. The number of ether oxygens (including phenoxy) is 1. The van der Waals surface area contributed by atoms with Crippen molar-refractivity contribution in [2.75, 3.05) is 45.2 Å². The predicted molar refractivity (Wildman–Crippen MR) is 122 cm³/mol. The summed E-state index contributed by atoms with van der Waals surface area (Å²) in [5, 5.41) is 8.93. The second-order valence-corrected chi connectivity index (χ2v) is 8.18. The molecule has 0 radical (unpaired) electrons. The molecule has 0 unspecified atom stereocenters. The minimum atomic E-state index is -0.0712. The van der Waals surface area contributed by atoms with Crippen LogP contribution in [-0.2, 0) is 11.3 Å². The molecular weight excluding hydrogens is 408 g/mol. The molecule has 1 N–H and O–H groups in total. The number of anilines is 1. The van der Waals surface area contributed by atoms with E-state index >= 15 is 0 Å². The van der Waals surface area contributed by atoms with Crippen LogP contribution < -0.4 is 10.1 Å². The molecule has 1 aliphatic rings. The molecule has 0 bridgehead atoms. The number of rotatable bonds is 6. The summed E-state index contributed by atoms with van der Waals surface area (Å²) in [6, 6.07) is 13.6. The highest BCUT2D eigenvalue weighted by atomic mass is 16.5. The molecule has 5 rings (SSSR count). The first-order valence-electron chi connectivity index (χ1n) is 10.7. The van der Waals surface area contributed by atoms with E-state index in [1.165, 1.54) is 0 Å². The molecule has 0 aliphatic carbocycles. The highest BCUT2D eigenvalue weighted by Crippen LogP contribution is 2.36. The van der Waals surface area contributed by atoms with Gasteiger partial charge in [-0.15, -0.1) is 0 Å². The smallest absolute Gasteiger partial charge is 0.238 e. The van der Waals surface area contributed by atoms with Gasteiger partial charge >= 0.3 is 0 Å². The van der Waals surface area contributed by atoms with E-state index < -0.39 is 0 Å². The molecule has 4 aromatic rings. The van der Waals surface area contributed by atoms with Gasteiger partial charge < -0.3 is 19.0 Å². The van der Waals surface area contributed by atoms with Crippen LogP contribution >= 0.6 is 0 Å². The lowest BCUT2D eigenvalue weighted by Gasteiger charge is -2.33. The number of hydrogen-bond donors (Lipinski definition) is 1. The molecule has 1 amide bonds. The monoisotopic (exact) mass is 434 g/mol. The molecule has 1 fully saturated rings. The number of nitrogens with zero attached hydrogens (tertiary/aromatic N) is 3. The number of amides is 1. The van der Waals surface area contributed by atoms with Crippen molar-refractivity contribution in [3.05, 3.63) is 53.9 Å². The largest absolute Gasteiger partial charge is 0.495 e. The van der Waals surface area contributed by atoms with Gasteiger partial charge in [0.05, 0.1) is 31.6 Å². The number of benzene rings is 2. The standard InChI is InChI=1S/C24H26N4O4/c1-16-11-17(32-26-16)14-27-7-9-28(10-8-27)15-24(29)25-20-13-22-19(12-23(20)30-2)18-5-3-4-6-21(18)31-22/h3-6,11-13H,7-10,14-15H2,1-2H3,(H,25,29). The summed E-state index contributed by atoms with van der Waals surface area (Å²) < 4.78 is 16.8. The van der Waals surface area contributed by atoms with Crippen LogP contribution in [0.2, 0.25) is 0 Å². The number of nitrogens with one attached hydrogen (secondary N) is 1. The fourth-order valence-electron chi connectivity index (χ4n) is 4.23. The lowest BCUT2D eigenvalue weighted by molar-refractivity contribution is -0.117. The molecule has 1 saturated heterocycles. The zero-order chi connectivity index (χ0) is 22.1. The van der Waals surface area contributed by atoms with E-state index in [1.807, 2.05) is 49.4 Å². The lowest BCUT2D eigenvalue weighted by Crippen LogP contribution is -2.48. The fraction of sp³-hybridized carbons (Fsp3) is 0.333. The van der Waals surface area contributed by atoms with E-state index in [-0.39, 0.29) is 5.91 Å². The summed E-state index contributed by atoms with van der Waals surface area (Å²) >= 11 is 0. The van der Waals surface area contributed by atoms with Crippen molar-refractivity contribution < 1.29 is 18.5 Å². The summed E-state index contributed by atoms with van der Waals surface area (Å²) in [5.41, 5.74) is 3.04. The molecule has 0 atom stereocenters. The first-order chi connectivity index (χ1) is 15.6. The van der Waals surface area contributed by atoms with E-state index in [2.05, 4.69) is 20.3 Å². The van der Waals surface area contributed by atoms with Crippen LogP contribution in [0.3, 0.4) is 0 Å². The van der Waals surface area contributed by atoms with Crippen LogP contribution in [0.25, 0.3) is 21.9 Å². The van der Waals surface area contributed by atoms with Crippen molar-refractivity contribution in [2.24, 2.45) is 0 Å². The number of aromatic nitrogens is 1. The topological polar surface area (TPSA) is 84.0 Å². The van der Waals surface area contributed by atoms with Gasteiger partial charge in [-0.2, -0.15) is 0 Å². The molecule has 166 valence electrons. The molecule has 8 nitrogen and oxygen atoms in total. The first kappa shape index (κ1) is 20.5. The van der Waals surface area contributed by atoms with E-state index in [1.54, 1.807) is 7.11 Å². The Morgan fingerprint density at radius 2 is 1.84 bits per heavy atom. The third-order valence-electron chi connectivity index (χ3n) is 5.86. The molecule has 3 heterocycles. The van der Waals surface area contributed by atoms with E-state index in [0.29, 0.717) is 18.0 Å². The normalized spacial score (nSPS) is 15.4. The Bertz CT molecular complexity index is 1250. The van der Waals surface area contributed by atoms with Gasteiger partial charge in [-0.1, -0.05) is 23.4 Å². The van der Waals surface area contributed by atoms with E-state index in [0.717, 1.165) is 66.1 Å². The van der Waals surface area contributed by atoms with Gasteiger partial charge in [0.15, 0.2) is 5.76 Å². The van der Waals surface area contributed by atoms with Crippen LogP contribution in [0.1, 0.15) is 11.5 Å². The quantitative estimate of drug-likeness (QED) is 0.496. The summed E-state index contributed by atoms with van der Waals surface area (Å²) in [6.45, 7) is 6.39. The fourth-order valence-corrected chi connectivity index (χ4v) is 4.23. The number of aryl methyl sites for hydroxylation is 1. The average molecular weight is 434 g/mol. The summed E-state index contributed by atoms with van der Waals surface area (Å²) in [4.78, 5) is 17.2. The van der Waals surface area contributed by atoms with Gasteiger partial charge in [0.25, 0.3) is 0 Å². The number of furan rings is 1. The zero-order valence-corrected chi connectivity index (χ0v) is 18.3. The molecule has 8 heteroatoms. The lowest BCUT2D eigenvalue weighted by atomic mass is 10.1. The average Bonchev–Trinajstić information content (AvgIpc) is 3.36. The maximum absolute atomic E-state index is 12.8. The third-order valence-corrected chi connectivity index (χ3v) is 5.86. The maximum atomic E-state index is 12.8. The van der Waals surface area contributed by atoms with Crippen molar-refractivity contribution in [1.29, 1.82) is 0 Å². The highest BCUT2D eigenvalue weighted by Gasteiger charge is 2.21. The van der Waals surface area contributed by atoms with Crippen LogP contribution in [0.4, 0.5) is 5.69 Å². The number of piperazine rings is 1. The van der Waals surface area contributed by atoms with Crippen molar-refractivity contribution in [3.63, 3.8) is 0 Å². The Morgan fingerprint density at radius 1 is 1.06 bits per heavy atom. The summed E-state index contributed by atoms with van der Waals surface area (Å²) in [6.07, 6.45) is 0. The van der Waals surface area contributed by atoms with Crippen molar-refractivity contribution in [2.45, 2.75) is 13.5 Å². The van der Waals surface area contributed by atoms with Crippen LogP contribution in [0.5, 0.6) is 5.75 Å². The second kappa shape index (κ2) is 8.64. The highest BCUT2D eigenvalue weighted by molar-refractivity contribution is 6.07.